The van der Waals surface area contributed by atoms with Gasteiger partial charge >= 0.3 is 5.69 Å². The molecule has 1 amide bonds. The summed E-state index contributed by atoms with van der Waals surface area (Å²) in [6, 6.07) is 12.0. The minimum Gasteiger partial charge on any atom is -0.334 e. The first-order chi connectivity index (χ1) is 14.3. The number of hydrazine groups is 1. The molecule has 12 nitrogen and oxygen atoms in total. The van der Waals surface area contributed by atoms with Crippen molar-refractivity contribution in [3.63, 3.8) is 0 Å². The number of non-ortho nitro benzene ring substituents is 1. The molecule has 0 aliphatic heterocycles. The van der Waals surface area contributed by atoms with Crippen molar-refractivity contribution < 1.29 is 14.6 Å². The molecule has 0 unspecified atom stereocenters. The van der Waals surface area contributed by atoms with E-state index < -0.39 is 21.4 Å². The minimum absolute atomic E-state index is 0.0623. The van der Waals surface area contributed by atoms with Crippen molar-refractivity contribution in [3.05, 3.63) is 86.2 Å². The maximum Gasteiger partial charge on any atom is 0.355 e. The quantitative estimate of drug-likeness (QED) is 0.392. The number of hydrogen-bond acceptors (Lipinski definition) is 9. The van der Waals surface area contributed by atoms with Gasteiger partial charge in [-0.2, -0.15) is 0 Å². The van der Waals surface area contributed by atoms with Gasteiger partial charge in [0.05, 0.1) is 9.85 Å². The molecule has 1 heterocycles. The van der Waals surface area contributed by atoms with E-state index in [-0.39, 0.29) is 22.9 Å². The zero-order valence-corrected chi connectivity index (χ0v) is 15.5. The number of benzene rings is 2. The number of hydrogen-bond donors (Lipinski definition) is 3. The third-order valence-corrected chi connectivity index (χ3v) is 3.92. The van der Waals surface area contributed by atoms with Gasteiger partial charge in [0, 0.05) is 23.4 Å². The highest BCUT2D eigenvalue weighted by molar-refractivity contribution is 5.95. The van der Waals surface area contributed by atoms with Crippen LogP contribution in [0.1, 0.15) is 15.9 Å². The Kier molecular flexibility index (Phi) is 5.77. The molecule has 12 heteroatoms. The van der Waals surface area contributed by atoms with Crippen LogP contribution in [0.3, 0.4) is 0 Å². The second kappa shape index (κ2) is 8.60. The molecule has 0 fully saturated rings. The fraction of sp³-hybridized carbons (Fsp3) is 0.0556. The van der Waals surface area contributed by atoms with Crippen LogP contribution in [-0.2, 0) is 0 Å². The lowest BCUT2D eigenvalue weighted by atomic mass is 10.2. The van der Waals surface area contributed by atoms with Crippen molar-refractivity contribution in [1.29, 1.82) is 0 Å². The zero-order chi connectivity index (χ0) is 21.7. The van der Waals surface area contributed by atoms with Crippen LogP contribution in [0.5, 0.6) is 0 Å². The van der Waals surface area contributed by atoms with E-state index in [1.165, 1.54) is 24.3 Å². The van der Waals surface area contributed by atoms with E-state index in [1.807, 2.05) is 13.0 Å². The van der Waals surface area contributed by atoms with Gasteiger partial charge in [-0.15, -0.1) is 0 Å². The van der Waals surface area contributed by atoms with Gasteiger partial charge in [-0.05, 0) is 36.8 Å². The molecule has 0 saturated heterocycles. The average Bonchev–Trinajstić information content (AvgIpc) is 2.72. The maximum absolute atomic E-state index is 12.2. The molecule has 0 saturated carbocycles. The molecular formula is C18H15N7O5. The van der Waals surface area contributed by atoms with Crippen molar-refractivity contribution in [2.24, 2.45) is 0 Å². The normalized spacial score (nSPS) is 10.2. The summed E-state index contributed by atoms with van der Waals surface area (Å²) < 4.78 is 0. The Morgan fingerprint density at radius 2 is 1.67 bits per heavy atom. The van der Waals surface area contributed by atoms with Gasteiger partial charge in [0.25, 0.3) is 11.6 Å². The van der Waals surface area contributed by atoms with Crippen molar-refractivity contribution >= 4 is 34.6 Å². The molecule has 152 valence electrons. The summed E-state index contributed by atoms with van der Waals surface area (Å²) in [6.45, 7) is 1.88. The fourth-order valence-electron chi connectivity index (χ4n) is 2.52. The van der Waals surface area contributed by atoms with Crippen LogP contribution >= 0.6 is 0 Å². The van der Waals surface area contributed by atoms with E-state index >= 15 is 0 Å². The summed E-state index contributed by atoms with van der Waals surface area (Å²) in [4.78, 5) is 40.9. The van der Waals surface area contributed by atoms with Crippen LogP contribution in [-0.4, -0.2) is 25.7 Å². The molecule has 30 heavy (non-hydrogen) atoms. The molecule has 1 aromatic heterocycles. The van der Waals surface area contributed by atoms with Crippen LogP contribution in [0.2, 0.25) is 0 Å². The molecule has 3 aromatic rings. The van der Waals surface area contributed by atoms with E-state index in [2.05, 4.69) is 26.1 Å². The number of aromatic nitrogens is 2. The monoisotopic (exact) mass is 409 g/mol. The molecular weight excluding hydrogens is 394 g/mol. The van der Waals surface area contributed by atoms with E-state index in [9.17, 15) is 25.0 Å². The standard InChI is InChI=1S/C18H15N7O5/c1-11-3-2-4-13(9-11)21-16-15(25(29)30)17(20-10-19-16)22-23-18(26)12-5-7-14(8-6-12)24(27)28/h2-10H,1H3,(H,23,26)(H2,19,20,21,22). The predicted octanol–water partition coefficient (Wildman–Crippen LogP) is 3.10. The van der Waals surface area contributed by atoms with Crippen LogP contribution in [0.4, 0.5) is 28.7 Å². The number of nitrogens with zero attached hydrogens (tertiary/aromatic N) is 4. The Hall–Kier alpha value is -4.61. The summed E-state index contributed by atoms with van der Waals surface area (Å²) in [7, 11) is 0. The van der Waals surface area contributed by atoms with Crippen molar-refractivity contribution in [2.45, 2.75) is 6.92 Å². The molecule has 0 spiro atoms. The van der Waals surface area contributed by atoms with E-state index in [0.29, 0.717) is 5.69 Å². The van der Waals surface area contributed by atoms with Crippen molar-refractivity contribution in [3.8, 4) is 0 Å². The first kappa shape index (κ1) is 20.1. The smallest absolute Gasteiger partial charge is 0.334 e. The lowest BCUT2D eigenvalue weighted by Crippen LogP contribution is -2.30. The number of nitrogens with one attached hydrogen (secondary N) is 3. The number of nitro benzene ring substituents is 1. The second-order valence-corrected chi connectivity index (χ2v) is 6.05. The maximum atomic E-state index is 12.2. The fourth-order valence-corrected chi connectivity index (χ4v) is 2.52. The number of nitro groups is 2. The topological polar surface area (TPSA) is 165 Å². The van der Waals surface area contributed by atoms with Gasteiger partial charge in [-0.1, -0.05) is 12.1 Å². The molecule has 3 rings (SSSR count). The lowest BCUT2D eigenvalue weighted by Gasteiger charge is -2.11. The van der Waals surface area contributed by atoms with Gasteiger partial charge < -0.3 is 5.32 Å². The van der Waals surface area contributed by atoms with Gasteiger partial charge in [0.2, 0.25) is 11.6 Å². The van der Waals surface area contributed by atoms with Gasteiger partial charge in [-0.3, -0.25) is 35.9 Å². The number of carbonyl (C=O) groups excluding carboxylic acids is 1. The summed E-state index contributed by atoms with van der Waals surface area (Å²) in [5, 5.41) is 25.1. The van der Waals surface area contributed by atoms with Crippen molar-refractivity contribution in [2.75, 3.05) is 10.7 Å². The molecule has 3 N–H and O–H groups in total. The molecule has 0 aliphatic carbocycles. The molecule has 2 aromatic carbocycles. The zero-order valence-electron chi connectivity index (χ0n) is 15.5. The van der Waals surface area contributed by atoms with Crippen LogP contribution < -0.4 is 16.2 Å². The Morgan fingerprint density at radius 3 is 2.30 bits per heavy atom. The highest BCUT2D eigenvalue weighted by Gasteiger charge is 2.24. The van der Waals surface area contributed by atoms with Crippen LogP contribution in [0, 0.1) is 27.2 Å². The molecule has 0 bridgehead atoms. The first-order valence-corrected chi connectivity index (χ1v) is 8.49. The summed E-state index contributed by atoms with van der Waals surface area (Å²) >= 11 is 0. The third kappa shape index (κ3) is 4.62. The lowest BCUT2D eigenvalue weighted by molar-refractivity contribution is -0.384. The highest BCUT2D eigenvalue weighted by atomic mass is 16.6. The van der Waals surface area contributed by atoms with Gasteiger partial charge in [-0.25, -0.2) is 9.97 Å². The SMILES string of the molecule is Cc1cccc(Nc2ncnc(NNC(=O)c3ccc([N+](=O)[O-])cc3)c2[N+](=O)[O-])c1. The minimum atomic E-state index is -0.682. The number of carbonyl (C=O) groups is 1. The number of rotatable bonds is 7. The molecule has 0 radical (unpaired) electrons. The first-order valence-electron chi connectivity index (χ1n) is 8.49. The largest absolute Gasteiger partial charge is 0.355 e. The second-order valence-electron chi connectivity index (χ2n) is 6.05. The summed E-state index contributed by atoms with van der Waals surface area (Å²) in [5.41, 5.74) is 5.70. The Morgan fingerprint density at radius 1 is 0.967 bits per heavy atom. The molecule has 0 atom stereocenters. The van der Waals surface area contributed by atoms with Crippen molar-refractivity contribution in [1.82, 2.24) is 15.4 Å². The number of anilines is 3. The predicted molar refractivity (Wildman–Crippen MR) is 107 cm³/mol. The average molecular weight is 409 g/mol. The van der Waals surface area contributed by atoms with Gasteiger partial charge in [0.1, 0.15) is 6.33 Å². The highest BCUT2D eigenvalue weighted by Crippen LogP contribution is 2.30. The number of amides is 1. The van der Waals surface area contributed by atoms with E-state index in [1.54, 1.807) is 18.2 Å². The Balaban J connectivity index is 1.79. The number of aryl methyl sites for hydroxylation is 1. The summed E-state index contributed by atoms with van der Waals surface area (Å²) in [5.74, 6) is -0.959. The van der Waals surface area contributed by atoms with Gasteiger partial charge in [0.15, 0.2) is 0 Å². The van der Waals surface area contributed by atoms with E-state index in [0.717, 1.165) is 11.9 Å². The third-order valence-electron chi connectivity index (χ3n) is 3.92. The summed E-state index contributed by atoms with van der Waals surface area (Å²) in [6.07, 6.45) is 1.10. The van der Waals surface area contributed by atoms with Crippen LogP contribution in [0.15, 0.2) is 54.9 Å². The Bertz CT molecular complexity index is 1120. The Labute approximate surface area is 169 Å². The van der Waals surface area contributed by atoms with Crippen LogP contribution in [0.25, 0.3) is 0 Å². The molecule has 0 aliphatic rings. The van der Waals surface area contributed by atoms with E-state index in [4.69, 9.17) is 0 Å².